The maximum Gasteiger partial charge on any atom is 0.317 e. The summed E-state index contributed by atoms with van der Waals surface area (Å²) in [4.78, 5) is 67.3. The Kier molecular flexibility index (Phi) is 21.5. The van der Waals surface area contributed by atoms with Crippen LogP contribution in [0.3, 0.4) is 0 Å². The van der Waals surface area contributed by atoms with E-state index in [9.17, 15) is 29.4 Å². The van der Waals surface area contributed by atoms with Gasteiger partial charge in [0.25, 0.3) is 0 Å². The van der Waals surface area contributed by atoms with Crippen LogP contribution in [-0.2, 0) is 30.6 Å². The molecule has 3 heterocycles. The van der Waals surface area contributed by atoms with Crippen LogP contribution in [-0.4, -0.2) is 204 Å². The molecule has 4 atom stereocenters. The third-order valence-corrected chi connectivity index (χ3v) is 12.7. The Morgan fingerprint density at radius 3 is 2.09 bits per heavy atom. The van der Waals surface area contributed by atoms with Crippen LogP contribution in [0.2, 0.25) is 0 Å². The molecule has 18 nitrogen and oxygen atoms in total. The van der Waals surface area contributed by atoms with Gasteiger partial charge in [0.05, 0.1) is 38.4 Å². The molecule has 3 aliphatic rings. The summed E-state index contributed by atoms with van der Waals surface area (Å²) in [6, 6.07) is 7.66. The number of carboxylic acid groups (broad SMARTS) is 2. The normalized spacial score (nSPS) is 22.9. The summed E-state index contributed by atoms with van der Waals surface area (Å²) in [7, 11) is 2.14. The first-order chi connectivity index (χ1) is 28.0. The zero-order chi connectivity index (χ0) is 41.7. The lowest BCUT2D eigenvalue weighted by atomic mass is 10.0. The lowest BCUT2D eigenvalue weighted by molar-refractivity contribution is -0.245. The van der Waals surface area contributed by atoms with Gasteiger partial charge in [-0.25, -0.2) is 14.6 Å². The van der Waals surface area contributed by atoms with Gasteiger partial charge in [0.15, 0.2) is 0 Å². The van der Waals surface area contributed by atoms with Gasteiger partial charge in [-0.05, 0) is 69.9 Å². The molecule has 0 saturated carbocycles. The average Bonchev–Trinajstić information content (AvgIpc) is 3.74. The number of aliphatic carboxylic acids is 2. The number of fused-ring (bicyclic) bond motifs is 1. The molecule has 3 aliphatic heterocycles. The highest BCUT2D eigenvalue weighted by Crippen LogP contribution is 2.33. The Balaban J connectivity index is 1.24. The molecule has 0 radical (unpaired) electrons. The Morgan fingerprint density at radius 1 is 0.828 bits per heavy atom. The van der Waals surface area contributed by atoms with E-state index in [1.165, 1.54) is 0 Å². The van der Waals surface area contributed by atoms with Crippen LogP contribution in [0.5, 0.6) is 0 Å². The first kappa shape index (κ1) is 47.6. The van der Waals surface area contributed by atoms with E-state index < -0.39 is 11.9 Å². The predicted octanol–water partition coefficient (Wildman–Crippen LogP) is 1.73. The molecule has 0 bridgehead atoms. The number of hydrogen-bond acceptors (Lipinski definition) is 14. The summed E-state index contributed by atoms with van der Waals surface area (Å²) in [6.45, 7) is 5.84. The number of anilines is 1. The van der Waals surface area contributed by atoms with Crippen molar-refractivity contribution in [3.05, 3.63) is 29.8 Å². The third-order valence-electron chi connectivity index (χ3n) is 11.2. The van der Waals surface area contributed by atoms with Crippen molar-refractivity contribution < 1.29 is 49.7 Å². The zero-order valence-electron chi connectivity index (χ0n) is 34.0. The van der Waals surface area contributed by atoms with Crippen LogP contribution in [0.4, 0.5) is 10.5 Å². The summed E-state index contributed by atoms with van der Waals surface area (Å²) < 4.78 is 0. The van der Waals surface area contributed by atoms with Gasteiger partial charge in [-0.3, -0.25) is 44.5 Å². The van der Waals surface area contributed by atoms with E-state index in [0.29, 0.717) is 82.7 Å². The Labute approximate surface area is 346 Å². The topological polar surface area (TPSA) is 220 Å². The quantitative estimate of drug-likeness (QED) is 0.0341. The first-order valence-electron chi connectivity index (χ1n) is 20.7. The zero-order valence-corrected chi connectivity index (χ0v) is 34.8. The monoisotopic (exact) mass is 838 g/mol. The largest absolute Gasteiger partial charge is 0.480 e. The molecule has 0 spiro atoms. The van der Waals surface area contributed by atoms with E-state index in [1.807, 2.05) is 45.8 Å². The molecule has 1 aromatic carbocycles. The van der Waals surface area contributed by atoms with E-state index in [2.05, 4.69) is 47.5 Å². The smallest absolute Gasteiger partial charge is 0.317 e. The number of hydrogen-bond donors (Lipinski definition) is 7. The fourth-order valence-corrected chi connectivity index (χ4v) is 9.53. The molecule has 58 heavy (non-hydrogen) atoms. The lowest BCUT2D eigenvalue weighted by Crippen LogP contribution is -2.53. The van der Waals surface area contributed by atoms with E-state index in [1.54, 1.807) is 0 Å². The molecular formula is C39H66N8O10S. The van der Waals surface area contributed by atoms with E-state index in [0.717, 1.165) is 62.9 Å². The third kappa shape index (κ3) is 17.6. The highest BCUT2D eigenvalue weighted by molar-refractivity contribution is 8.00. The molecular weight excluding hydrogens is 773 g/mol. The van der Waals surface area contributed by atoms with Gasteiger partial charge in [0.2, 0.25) is 5.91 Å². The number of carbonyl (C=O) groups excluding carboxylic acids is 2. The highest BCUT2D eigenvalue weighted by Gasteiger charge is 2.42. The molecule has 328 valence electrons. The number of amides is 3. The van der Waals surface area contributed by atoms with Crippen molar-refractivity contribution in [1.82, 2.24) is 35.1 Å². The van der Waals surface area contributed by atoms with E-state index in [4.69, 9.17) is 10.5 Å². The van der Waals surface area contributed by atoms with Gasteiger partial charge in [-0.1, -0.05) is 25.0 Å². The minimum atomic E-state index is -0.990. The molecule has 4 unspecified atom stereocenters. The summed E-state index contributed by atoms with van der Waals surface area (Å²) in [5, 5.41) is 47.2. The molecule has 0 aromatic heterocycles. The molecule has 1 aromatic rings. The SMILES string of the molecule is CN(CCCCCC(=O)Nc1ccc(CC2CN(CC(=O)O)CCN(CCOO)CCN(CCOO)CCN2CC(=O)O)cc1)CCCCC1SCC2NC(=O)NC21. The number of urea groups is 1. The molecule has 4 rings (SSSR count). The molecule has 19 heteroatoms. The summed E-state index contributed by atoms with van der Waals surface area (Å²) >= 11 is 1.96. The van der Waals surface area contributed by atoms with Gasteiger partial charge in [0, 0.05) is 88.1 Å². The Hall–Kier alpha value is -3.11. The maximum absolute atomic E-state index is 12.8. The van der Waals surface area contributed by atoms with Crippen molar-refractivity contribution in [2.24, 2.45) is 0 Å². The van der Waals surface area contributed by atoms with Crippen molar-refractivity contribution in [2.75, 3.05) is 116 Å². The molecule has 0 aliphatic carbocycles. The molecule has 3 fully saturated rings. The second-order valence-electron chi connectivity index (χ2n) is 15.7. The average molecular weight is 839 g/mol. The van der Waals surface area contributed by atoms with E-state index >= 15 is 0 Å². The number of thioether (sulfide) groups is 1. The fraction of sp³-hybridized carbons (Fsp3) is 0.744. The van der Waals surface area contributed by atoms with Crippen LogP contribution in [0.25, 0.3) is 0 Å². The second-order valence-corrected chi connectivity index (χ2v) is 16.9. The van der Waals surface area contributed by atoms with Crippen molar-refractivity contribution >= 4 is 41.3 Å². The Morgan fingerprint density at radius 2 is 1.45 bits per heavy atom. The number of nitrogens with zero attached hydrogens (tertiary/aromatic N) is 5. The van der Waals surface area contributed by atoms with Gasteiger partial charge < -0.3 is 31.1 Å². The standard InChI is InChI=1S/C39H66N8O10S/c1-43(14-6-4-7-34-38-33(29-58-34)41-39(53)42-38)13-5-2-3-8-35(48)40-31-11-9-30(10-12-31)25-32-26-46(27-36(49)50)18-17-44(21-23-56-54)15-16-45(22-24-57-55)19-20-47(32)28-37(51)52/h9-12,32-34,38,54-55H,2-8,13-29H2,1H3,(H,40,48)(H,49,50)(H,51,52)(H2,41,42,53). The number of rotatable bonds is 24. The molecule has 3 saturated heterocycles. The Bertz CT molecular complexity index is 1400. The van der Waals surface area contributed by atoms with Crippen LogP contribution in [0.15, 0.2) is 24.3 Å². The minimum Gasteiger partial charge on any atom is -0.480 e. The summed E-state index contributed by atoms with van der Waals surface area (Å²) in [6.07, 6.45) is 7.04. The second kappa shape index (κ2) is 26.2. The van der Waals surface area contributed by atoms with Crippen molar-refractivity contribution in [3.8, 4) is 0 Å². The predicted molar refractivity (Wildman–Crippen MR) is 221 cm³/mol. The first-order valence-corrected chi connectivity index (χ1v) is 21.7. The van der Waals surface area contributed by atoms with Gasteiger partial charge in [-0.2, -0.15) is 11.8 Å². The van der Waals surface area contributed by atoms with Crippen LogP contribution >= 0.6 is 11.8 Å². The number of nitrogens with one attached hydrogen (secondary N) is 3. The van der Waals surface area contributed by atoms with Gasteiger partial charge >= 0.3 is 18.0 Å². The summed E-state index contributed by atoms with van der Waals surface area (Å²) in [5.41, 5.74) is 1.59. The van der Waals surface area contributed by atoms with Crippen LogP contribution in [0, 0.1) is 0 Å². The molecule has 3 amide bonds. The number of unbranched alkanes of at least 4 members (excludes halogenated alkanes) is 3. The van der Waals surface area contributed by atoms with Gasteiger partial charge in [0.1, 0.15) is 0 Å². The maximum atomic E-state index is 12.8. The van der Waals surface area contributed by atoms with Crippen molar-refractivity contribution in [2.45, 2.75) is 74.7 Å². The van der Waals surface area contributed by atoms with E-state index in [-0.39, 0.29) is 56.4 Å². The van der Waals surface area contributed by atoms with Gasteiger partial charge in [-0.15, -0.1) is 0 Å². The van der Waals surface area contributed by atoms with Crippen molar-refractivity contribution in [1.29, 1.82) is 0 Å². The minimum absolute atomic E-state index is 0.0357. The fourth-order valence-electron chi connectivity index (χ4n) is 7.99. The number of carboxylic acids is 2. The summed E-state index contributed by atoms with van der Waals surface area (Å²) in [5.74, 6) is -1.03. The molecule has 7 N–H and O–H groups in total. The van der Waals surface area contributed by atoms with Crippen LogP contribution < -0.4 is 16.0 Å². The number of carbonyl (C=O) groups is 4. The number of benzene rings is 1. The van der Waals surface area contributed by atoms with Crippen LogP contribution in [0.1, 0.15) is 50.5 Å². The highest BCUT2D eigenvalue weighted by atomic mass is 32.2. The van der Waals surface area contributed by atoms with Crippen molar-refractivity contribution in [3.63, 3.8) is 0 Å². The lowest BCUT2D eigenvalue weighted by Gasteiger charge is -2.38.